The third-order valence-electron chi connectivity index (χ3n) is 3.87. The third kappa shape index (κ3) is 2.27. The number of rotatable bonds is 2. The molecule has 0 bridgehead atoms. The van der Waals surface area contributed by atoms with Crippen LogP contribution in [0.1, 0.15) is 24.8 Å². The number of hydrogen-bond donors (Lipinski definition) is 2. The molecule has 0 saturated carbocycles. The molecule has 1 fully saturated rings. The van der Waals surface area contributed by atoms with Gasteiger partial charge in [-0.05, 0) is 31.9 Å². The Labute approximate surface area is 118 Å². The number of pyridine rings is 1. The normalized spacial score (nSPS) is 20.3. The molecular weight excluding hydrogens is 252 g/mol. The molecule has 0 aliphatic carbocycles. The summed E-state index contributed by atoms with van der Waals surface area (Å²) in [6.07, 6.45) is 7.46. The lowest BCUT2D eigenvalue weighted by atomic mass is 10.1. The molecule has 0 amide bonds. The Bertz CT molecular complexity index is 611. The van der Waals surface area contributed by atoms with E-state index in [1.165, 1.54) is 12.8 Å². The predicted molar refractivity (Wildman–Crippen MR) is 79.8 cm³/mol. The van der Waals surface area contributed by atoms with Gasteiger partial charge in [0.1, 0.15) is 5.84 Å². The zero-order valence-corrected chi connectivity index (χ0v) is 11.9. The van der Waals surface area contributed by atoms with Gasteiger partial charge in [0.15, 0.2) is 5.65 Å². The van der Waals surface area contributed by atoms with E-state index in [1.807, 2.05) is 13.1 Å². The van der Waals surface area contributed by atoms with Gasteiger partial charge >= 0.3 is 0 Å². The summed E-state index contributed by atoms with van der Waals surface area (Å²) in [6, 6.07) is 1.99. The summed E-state index contributed by atoms with van der Waals surface area (Å²) in [5.74, 6) is 0.959. The molecule has 1 aliphatic rings. The second-order valence-corrected chi connectivity index (χ2v) is 5.08. The van der Waals surface area contributed by atoms with Crippen LogP contribution >= 0.6 is 0 Å². The number of aliphatic imine (C=N–C) groups is 1. The number of nitrogens with zero attached hydrogens (tertiary/aromatic N) is 4. The molecule has 0 spiro atoms. The van der Waals surface area contributed by atoms with Crippen LogP contribution in [0.5, 0.6) is 0 Å². The largest absolute Gasteiger partial charge is 0.344 e. The molecule has 2 aromatic heterocycles. The van der Waals surface area contributed by atoms with Gasteiger partial charge in [-0.3, -0.25) is 10.3 Å². The zero-order valence-electron chi connectivity index (χ0n) is 11.9. The maximum absolute atomic E-state index is 4.49. The van der Waals surface area contributed by atoms with E-state index in [0.29, 0.717) is 6.17 Å². The molecule has 2 aromatic rings. The van der Waals surface area contributed by atoms with Crippen LogP contribution in [-0.2, 0) is 0 Å². The van der Waals surface area contributed by atoms with E-state index in [9.17, 15) is 0 Å². The molecule has 2 N–H and O–H groups in total. The molecule has 6 heteroatoms. The number of fused-ring (bicyclic) bond motifs is 1. The van der Waals surface area contributed by atoms with Crippen LogP contribution in [0.4, 0.5) is 0 Å². The van der Waals surface area contributed by atoms with Crippen molar-refractivity contribution in [1.82, 2.24) is 25.2 Å². The minimum Gasteiger partial charge on any atom is -0.344 e. The molecule has 3 rings (SSSR count). The van der Waals surface area contributed by atoms with Crippen LogP contribution in [-0.4, -0.2) is 52.5 Å². The first-order valence-electron chi connectivity index (χ1n) is 7.02. The highest BCUT2D eigenvalue weighted by atomic mass is 15.3. The molecule has 106 valence electrons. The lowest BCUT2D eigenvalue weighted by Crippen LogP contribution is -2.49. The molecule has 3 heterocycles. The van der Waals surface area contributed by atoms with Crippen molar-refractivity contribution < 1.29 is 0 Å². The Morgan fingerprint density at radius 3 is 3.05 bits per heavy atom. The number of nitrogens with one attached hydrogen (secondary N) is 2. The molecule has 1 aliphatic heterocycles. The Balaban J connectivity index is 1.95. The number of imidazole rings is 1. The fraction of sp³-hybridized carbons (Fsp3) is 0.500. The zero-order chi connectivity index (χ0) is 13.9. The molecule has 1 saturated heterocycles. The van der Waals surface area contributed by atoms with E-state index in [-0.39, 0.29) is 0 Å². The summed E-state index contributed by atoms with van der Waals surface area (Å²) in [5, 5.41) is 3.55. The van der Waals surface area contributed by atoms with Gasteiger partial charge in [0.25, 0.3) is 0 Å². The van der Waals surface area contributed by atoms with Gasteiger partial charge in [-0.25, -0.2) is 9.97 Å². The van der Waals surface area contributed by atoms with Crippen molar-refractivity contribution in [3.63, 3.8) is 0 Å². The van der Waals surface area contributed by atoms with Crippen LogP contribution in [0.25, 0.3) is 11.2 Å². The van der Waals surface area contributed by atoms with Gasteiger partial charge in [0.2, 0.25) is 0 Å². The summed E-state index contributed by atoms with van der Waals surface area (Å²) in [6.45, 7) is 1.07. The molecular formula is C14H20N6. The van der Waals surface area contributed by atoms with E-state index in [4.69, 9.17) is 0 Å². The number of piperidine rings is 1. The van der Waals surface area contributed by atoms with Crippen molar-refractivity contribution in [3.8, 4) is 0 Å². The Hall–Kier alpha value is -1.95. The SMILES string of the molecule is CN=C(c1ccnc2nc[nH]c12)N(C)C1CCCCN1. The molecule has 0 radical (unpaired) electrons. The highest BCUT2D eigenvalue weighted by Gasteiger charge is 2.22. The van der Waals surface area contributed by atoms with Gasteiger partial charge in [0, 0.05) is 25.9 Å². The molecule has 20 heavy (non-hydrogen) atoms. The average Bonchev–Trinajstić information content (AvgIpc) is 2.98. The quantitative estimate of drug-likeness (QED) is 0.640. The fourth-order valence-electron chi connectivity index (χ4n) is 2.82. The number of aromatic nitrogens is 3. The average molecular weight is 272 g/mol. The summed E-state index contributed by atoms with van der Waals surface area (Å²) in [7, 11) is 3.92. The van der Waals surface area contributed by atoms with Gasteiger partial charge in [-0.1, -0.05) is 0 Å². The topological polar surface area (TPSA) is 69.2 Å². The summed E-state index contributed by atoms with van der Waals surface area (Å²) < 4.78 is 0. The first-order chi connectivity index (χ1) is 9.81. The predicted octanol–water partition coefficient (Wildman–Crippen LogP) is 1.37. The highest BCUT2D eigenvalue weighted by Crippen LogP contribution is 2.18. The maximum Gasteiger partial charge on any atom is 0.178 e. The Morgan fingerprint density at radius 2 is 2.30 bits per heavy atom. The first kappa shape index (κ1) is 13.1. The highest BCUT2D eigenvalue weighted by molar-refractivity contribution is 6.07. The minimum atomic E-state index is 0.341. The third-order valence-corrected chi connectivity index (χ3v) is 3.87. The standard InChI is InChI=1S/C14H20N6/c1-15-14(20(2)11-5-3-4-7-16-11)10-6-8-17-13-12(10)18-9-19-13/h6,8-9,11,16H,3-5,7H2,1-2H3,(H,17,18,19). The van der Waals surface area contributed by atoms with Crippen LogP contribution in [0, 0.1) is 0 Å². The van der Waals surface area contributed by atoms with E-state index in [2.05, 4.69) is 37.2 Å². The minimum absolute atomic E-state index is 0.341. The van der Waals surface area contributed by atoms with E-state index >= 15 is 0 Å². The van der Waals surface area contributed by atoms with E-state index in [1.54, 1.807) is 12.5 Å². The monoisotopic (exact) mass is 272 g/mol. The summed E-state index contributed by atoms with van der Waals surface area (Å²) in [4.78, 5) is 18.3. The van der Waals surface area contributed by atoms with Crippen LogP contribution in [0.3, 0.4) is 0 Å². The second-order valence-electron chi connectivity index (χ2n) is 5.08. The van der Waals surface area contributed by atoms with Crippen molar-refractivity contribution in [1.29, 1.82) is 0 Å². The number of amidine groups is 1. The number of aromatic amines is 1. The summed E-state index contributed by atoms with van der Waals surface area (Å²) >= 11 is 0. The van der Waals surface area contributed by atoms with E-state index < -0.39 is 0 Å². The molecule has 1 atom stereocenters. The van der Waals surface area contributed by atoms with Crippen molar-refractivity contribution in [2.45, 2.75) is 25.4 Å². The lowest BCUT2D eigenvalue weighted by Gasteiger charge is -2.34. The van der Waals surface area contributed by atoms with Gasteiger partial charge in [0.05, 0.1) is 18.0 Å². The van der Waals surface area contributed by atoms with Gasteiger partial charge in [-0.2, -0.15) is 0 Å². The van der Waals surface area contributed by atoms with Crippen LogP contribution in [0.2, 0.25) is 0 Å². The number of hydrogen-bond acceptors (Lipinski definition) is 4. The molecule has 1 unspecified atom stereocenters. The lowest BCUT2D eigenvalue weighted by molar-refractivity contribution is 0.251. The molecule has 6 nitrogen and oxygen atoms in total. The Kier molecular flexibility index (Phi) is 3.64. The fourth-order valence-corrected chi connectivity index (χ4v) is 2.82. The molecule has 0 aromatic carbocycles. The first-order valence-corrected chi connectivity index (χ1v) is 7.02. The Morgan fingerprint density at radius 1 is 1.40 bits per heavy atom. The van der Waals surface area contributed by atoms with Crippen molar-refractivity contribution >= 4 is 17.0 Å². The number of H-pyrrole nitrogens is 1. The van der Waals surface area contributed by atoms with E-state index in [0.717, 1.165) is 35.5 Å². The van der Waals surface area contributed by atoms with Gasteiger partial charge in [-0.15, -0.1) is 0 Å². The van der Waals surface area contributed by atoms with Crippen molar-refractivity contribution in [2.75, 3.05) is 20.6 Å². The second kappa shape index (κ2) is 5.58. The van der Waals surface area contributed by atoms with Crippen LogP contribution < -0.4 is 5.32 Å². The smallest absolute Gasteiger partial charge is 0.178 e. The maximum atomic E-state index is 4.49. The van der Waals surface area contributed by atoms with Crippen molar-refractivity contribution in [2.24, 2.45) is 4.99 Å². The summed E-state index contributed by atoms with van der Waals surface area (Å²) in [5.41, 5.74) is 2.72. The van der Waals surface area contributed by atoms with Crippen LogP contribution in [0.15, 0.2) is 23.6 Å². The van der Waals surface area contributed by atoms with Gasteiger partial charge < -0.3 is 9.88 Å². The van der Waals surface area contributed by atoms with Crippen molar-refractivity contribution in [3.05, 3.63) is 24.2 Å².